The molecule has 4 fully saturated rings. The lowest BCUT2D eigenvalue weighted by molar-refractivity contribution is -0.150. The fourth-order valence-electron chi connectivity index (χ4n) is 8.96. The van der Waals surface area contributed by atoms with Crippen LogP contribution < -0.4 is 25.3 Å². The van der Waals surface area contributed by atoms with Crippen LogP contribution in [0.1, 0.15) is 37.3 Å². The van der Waals surface area contributed by atoms with Gasteiger partial charge in [0.25, 0.3) is 5.91 Å². The Bertz CT molecular complexity index is 1670. The minimum absolute atomic E-state index is 0.00493. The summed E-state index contributed by atoms with van der Waals surface area (Å²) < 4.78 is 6.95. The number of fused-ring (bicyclic) bond motifs is 2. The van der Waals surface area contributed by atoms with E-state index < -0.39 is 31.5 Å². The molecule has 0 unspecified atom stereocenters. The molecule has 4 saturated heterocycles. The van der Waals surface area contributed by atoms with Gasteiger partial charge in [-0.25, -0.2) is 0 Å². The number of piperazine rings is 2. The molecule has 14 heteroatoms. The van der Waals surface area contributed by atoms with Crippen molar-refractivity contribution in [1.82, 2.24) is 15.5 Å². The van der Waals surface area contributed by atoms with Crippen LogP contribution in [0.5, 0.6) is 0 Å². The van der Waals surface area contributed by atoms with E-state index in [9.17, 15) is 24.3 Å². The molecule has 5 heterocycles. The van der Waals surface area contributed by atoms with Gasteiger partial charge in [0, 0.05) is 61.1 Å². The Hall–Kier alpha value is -3.66. The normalized spacial score (nSPS) is 28.7. The van der Waals surface area contributed by atoms with Gasteiger partial charge < -0.3 is 44.9 Å². The highest BCUT2D eigenvalue weighted by molar-refractivity contribution is 6.71. The van der Waals surface area contributed by atoms with Gasteiger partial charge in [0.05, 0.1) is 50.5 Å². The Morgan fingerprint density at radius 3 is 2.22 bits per heavy atom. The van der Waals surface area contributed by atoms with Gasteiger partial charge in [-0.1, -0.05) is 19.1 Å². The number of hydrogen-bond donors (Lipinski definition) is 4. The number of hydrogen-bond acceptors (Lipinski definition) is 9. The summed E-state index contributed by atoms with van der Waals surface area (Å²) in [4.78, 5) is 72.9. The number of likely N-dealkylation sites (tertiary alicyclic amines) is 1. The molecular formula is C36H48N6O7Si. The van der Waals surface area contributed by atoms with Gasteiger partial charge in [-0.3, -0.25) is 19.2 Å². The molecule has 0 aliphatic carbocycles. The zero-order valence-electron chi connectivity index (χ0n) is 29.1. The zero-order valence-corrected chi connectivity index (χ0v) is 30.1. The molecule has 5 aliphatic heterocycles. The molecule has 7 rings (SSSR count). The van der Waals surface area contributed by atoms with Crippen LogP contribution in [0.2, 0.25) is 18.6 Å². The van der Waals surface area contributed by atoms with Crippen LogP contribution in [0.25, 0.3) is 0 Å². The monoisotopic (exact) mass is 704 g/mol. The molecule has 1 spiro atoms. The predicted molar refractivity (Wildman–Crippen MR) is 190 cm³/mol. The lowest BCUT2D eigenvalue weighted by atomic mass is 9.82. The van der Waals surface area contributed by atoms with Crippen LogP contribution in [0, 0.1) is 5.92 Å². The van der Waals surface area contributed by atoms with Gasteiger partial charge in [0.1, 0.15) is 0 Å². The fraction of sp³-hybridized carbons (Fsp3) is 0.556. The van der Waals surface area contributed by atoms with Crippen molar-refractivity contribution in [3.8, 4) is 0 Å². The van der Waals surface area contributed by atoms with E-state index in [1.165, 1.54) is 0 Å². The third kappa shape index (κ3) is 5.95. The first-order chi connectivity index (χ1) is 23.9. The van der Waals surface area contributed by atoms with Crippen molar-refractivity contribution in [3.63, 3.8) is 0 Å². The maximum Gasteiger partial charge on any atom is 0.264 e. The predicted octanol–water partition coefficient (Wildman–Crippen LogP) is 1.28. The van der Waals surface area contributed by atoms with Crippen LogP contribution in [0.15, 0.2) is 42.5 Å². The molecule has 0 bridgehead atoms. The number of aliphatic hydroxyl groups excluding tert-OH is 1. The quantitative estimate of drug-likeness (QED) is 0.298. The molecule has 2 aromatic rings. The number of anilines is 3. The number of nitrogens with zero attached hydrogens (tertiary/aromatic N) is 4. The van der Waals surface area contributed by atoms with Crippen molar-refractivity contribution in [2.24, 2.45) is 5.92 Å². The van der Waals surface area contributed by atoms with Crippen molar-refractivity contribution in [3.05, 3.63) is 53.6 Å². The van der Waals surface area contributed by atoms with E-state index in [0.29, 0.717) is 49.7 Å². The maximum absolute atomic E-state index is 15.0. The Morgan fingerprint density at radius 2 is 1.60 bits per heavy atom. The van der Waals surface area contributed by atoms with Gasteiger partial charge in [-0.2, -0.15) is 0 Å². The number of ether oxygens (including phenoxy) is 1. The number of amides is 4. The molecule has 4 N–H and O–H groups in total. The minimum atomic E-state index is -3.03. The van der Waals surface area contributed by atoms with Crippen molar-refractivity contribution >= 4 is 49.0 Å². The average molecular weight is 705 g/mol. The summed E-state index contributed by atoms with van der Waals surface area (Å²) in [6.45, 7) is 9.24. The highest BCUT2D eigenvalue weighted by atomic mass is 28.4. The van der Waals surface area contributed by atoms with Gasteiger partial charge in [0.15, 0.2) is 13.9 Å². The van der Waals surface area contributed by atoms with E-state index in [0.717, 1.165) is 30.6 Å². The highest BCUT2D eigenvalue weighted by Gasteiger charge is 2.66. The number of carbonyl (C=O) groups is 4. The van der Waals surface area contributed by atoms with Crippen LogP contribution in [0.3, 0.4) is 0 Å². The van der Waals surface area contributed by atoms with Gasteiger partial charge in [0.2, 0.25) is 17.7 Å². The van der Waals surface area contributed by atoms with Gasteiger partial charge >= 0.3 is 0 Å². The highest BCUT2D eigenvalue weighted by Crippen LogP contribution is 2.60. The summed E-state index contributed by atoms with van der Waals surface area (Å²) >= 11 is 0. The summed E-state index contributed by atoms with van der Waals surface area (Å²) in [5.74, 6) is -0.951. The summed E-state index contributed by atoms with van der Waals surface area (Å²) in [6.07, 6.45) is 0.822. The zero-order chi connectivity index (χ0) is 35.4. The third-order valence-corrected chi connectivity index (χ3v) is 13.8. The Balaban J connectivity index is 1.26. The summed E-state index contributed by atoms with van der Waals surface area (Å²) in [5, 5.41) is 16.1. The van der Waals surface area contributed by atoms with Gasteiger partial charge in [-0.05, 0) is 61.8 Å². The molecule has 0 radical (unpaired) electrons. The van der Waals surface area contributed by atoms with E-state index >= 15 is 4.79 Å². The number of benzene rings is 2. The standard InChI is InChI=1S/C36H48N6O7Si/c1-23-34(50(2,3)48)30(18-31(44)39-14-4-5-27(39)22-43)49-36(23)28-17-26(41-16-13-38-20-33(41)46)10-11-29(28)42(35(36)47)21-24-6-8-25(9-7-24)40-15-12-37-19-32(40)45/h6-11,17,23,27,30,34,37-38,43,48H,4-5,12-16,18-22H2,1-3H3/t23-,27+,30+,34-,36+/m1/s1. The van der Waals surface area contributed by atoms with Gasteiger partial charge in [-0.15, -0.1) is 0 Å². The largest absolute Gasteiger partial charge is 0.432 e. The lowest BCUT2D eigenvalue weighted by Gasteiger charge is -2.33. The second-order valence-electron chi connectivity index (χ2n) is 14.8. The summed E-state index contributed by atoms with van der Waals surface area (Å²) in [6, 6.07) is 13.0. The summed E-state index contributed by atoms with van der Waals surface area (Å²) in [7, 11) is -3.03. The minimum Gasteiger partial charge on any atom is -0.432 e. The molecule has 5 aliphatic rings. The molecule has 13 nitrogen and oxygen atoms in total. The Labute approximate surface area is 293 Å². The number of rotatable bonds is 8. The molecule has 268 valence electrons. The van der Waals surface area contributed by atoms with E-state index in [2.05, 4.69) is 10.6 Å². The average Bonchev–Trinajstić information content (AvgIpc) is 3.76. The smallest absolute Gasteiger partial charge is 0.264 e. The third-order valence-electron chi connectivity index (χ3n) is 11.3. The first-order valence-corrected chi connectivity index (χ1v) is 20.8. The van der Waals surface area contributed by atoms with Crippen molar-refractivity contribution in [2.75, 3.05) is 67.1 Å². The van der Waals surface area contributed by atoms with Crippen LogP contribution in [0.4, 0.5) is 17.1 Å². The molecule has 4 amide bonds. The number of carbonyl (C=O) groups excluding carboxylic acids is 4. The van der Waals surface area contributed by atoms with Crippen LogP contribution in [-0.2, 0) is 36.1 Å². The van der Waals surface area contributed by atoms with Crippen molar-refractivity contribution < 1.29 is 33.8 Å². The topological polar surface area (TPSA) is 155 Å². The second kappa shape index (κ2) is 13.5. The SMILES string of the molecule is C[C@@H]1[C@@H]([Si](C)(C)O)[C@H](CC(=O)N2CCC[C@H]2CO)O[C@@]12C(=O)N(Cc1ccc(N3CCNCC3=O)cc1)c1ccc(N3CCNCC3=O)cc12. The first-order valence-electron chi connectivity index (χ1n) is 17.8. The van der Waals surface area contributed by atoms with E-state index in [-0.39, 0.29) is 55.8 Å². The lowest BCUT2D eigenvalue weighted by Crippen LogP contribution is -2.48. The van der Waals surface area contributed by atoms with E-state index in [4.69, 9.17) is 4.74 Å². The number of nitrogens with one attached hydrogen (secondary N) is 2. The molecule has 5 atom stereocenters. The van der Waals surface area contributed by atoms with Crippen molar-refractivity contribution in [1.29, 1.82) is 0 Å². The fourth-order valence-corrected chi connectivity index (χ4v) is 11.5. The van der Waals surface area contributed by atoms with Crippen LogP contribution >= 0.6 is 0 Å². The van der Waals surface area contributed by atoms with Crippen LogP contribution in [-0.4, -0.2) is 111 Å². The first kappa shape index (κ1) is 34.8. The van der Waals surface area contributed by atoms with Crippen molar-refractivity contribution in [2.45, 2.75) is 69.1 Å². The van der Waals surface area contributed by atoms with E-state index in [1.54, 1.807) is 19.6 Å². The summed E-state index contributed by atoms with van der Waals surface area (Å²) in [5.41, 5.74) is 1.70. The molecule has 2 aromatic carbocycles. The Kier molecular flexibility index (Phi) is 9.37. The molecule has 50 heavy (non-hydrogen) atoms. The maximum atomic E-state index is 15.0. The molecule has 0 saturated carbocycles. The molecular weight excluding hydrogens is 657 g/mol. The van der Waals surface area contributed by atoms with E-state index in [1.807, 2.05) is 62.5 Å². The molecule has 0 aromatic heterocycles. The number of aliphatic hydroxyl groups is 1. The Morgan fingerprint density at radius 1 is 0.960 bits per heavy atom. The second-order valence-corrected chi connectivity index (χ2v) is 18.8.